The highest BCUT2D eigenvalue weighted by molar-refractivity contribution is 9.09. The summed E-state index contributed by atoms with van der Waals surface area (Å²) >= 11 is 6.39. The normalized spacial score (nSPS) is 12.2. The van der Waals surface area contributed by atoms with Gasteiger partial charge in [-0.05, 0) is 5.56 Å². The van der Waals surface area contributed by atoms with Crippen molar-refractivity contribution in [3.8, 4) is 0 Å². The van der Waals surface area contributed by atoms with Crippen LogP contribution in [0.4, 0.5) is 0 Å². The SMILES string of the molecule is O=C(CCBr)c1cccc(CBr)c1C(O)C(=O)O. The van der Waals surface area contributed by atoms with Crippen molar-refractivity contribution in [2.45, 2.75) is 17.9 Å². The lowest BCUT2D eigenvalue weighted by atomic mass is 9.94. The lowest BCUT2D eigenvalue weighted by Crippen LogP contribution is -2.17. The quantitative estimate of drug-likeness (QED) is 0.588. The number of ketones is 1. The van der Waals surface area contributed by atoms with Crippen LogP contribution < -0.4 is 0 Å². The molecule has 98 valence electrons. The van der Waals surface area contributed by atoms with Gasteiger partial charge in [-0.1, -0.05) is 50.1 Å². The van der Waals surface area contributed by atoms with E-state index < -0.39 is 12.1 Å². The van der Waals surface area contributed by atoms with E-state index in [9.17, 15) is 14.7 Å². The second-order valence-corrected chi connectivity index (χ2v) is 4.97. The summed E-state index contributed by atoms with van der Waals surface area (Å²) in [5.41, 5.74) is 1.04. The predicted octanol–water partition coefficient (Wildman–Crippen LogP) is 2.67. The number of alkyl halides is 2. The third kappa shape index (κ3) is 3.40. The highest BCUT2D eigenvalue weighted by Gasteiger charge is 2.25. The zero-order valence-corrected chi connectivity index (χ0v) is 12.6. The molecule has 0 heterocycles. The van der Waals surface area contributed by atoms with Gasteiger partial charge in [0.15, 0.2) is 11.9 Å². The first kappa shape index (κ1) is 15.3. The van der Waals surface area contributed by atoms with Crippen molar-refractivity contribution < 1.29 is 19.8 Å². The number of carbonyl (C=O) groups is 2. The van der Waals surface area contributed by atoms with E-state index in [1.807, 2.05) is 0 Å². The second kappa shape index (κ2) is 7.01. The zero-order chi connectivity index (χ0) is 13.7. The van der Waals surface area contributed by atoms with Gasteiger partial charge in [0.1, 0.15) is 0 Å². The first-order valence-electron chi connectivity index (χ1n) is 5.20. The van der Waals surface area contributed by atoms with Gasteiger partial charge >= 0.3 is 5.97 Å². The number of rotatable bonds is 6. The summed E-state index contributed by atoms with van der Waals surface area (Å²) in [5, 5.41) is 19.5. The third-order valence-electron chi connectivity index (χ3n) is 2.47. The Morgan fingerprint density at radius 3 is 2.44 bits per heavy atom. The molecule has 1 unspecified atom stereocenters. The molecule has 0 aliphatic rings. The van der Waals surface area contributed by atoms with Crippen LogP contribution >= 0.6 is 31.9 Å². The maximum Gasteiger partial charge on any atom is 0.337 e. The third-order valence-corrected chi connectivity index (χ3v) is 3.47. The Balaban J connectivity index is 3.33. The average molecular weight is 380 g/mol. The van der Waals surface area contributed by atoms with Crippen molar-refractivity contribution in [3.63, 3.8) is 0 Å². The van der Waals surface area contributed by atoms with Gasteiger partial charge in [0.05, 0.1) is 0 Å². The van der Waals surface area contributed by atoms with Crippen molar-refractivity contribution in [3.05, 3.63) is 34.9 Å². The molecule has 18 heavy (non-hydrogen) atoms. The molecule has 0 bridgehead atoms. The molecule has 0 aliphatic heterocycles. The Labute approximate surface area is 121 Å². The van der Waals surface area contributed by atoms with Crippen molar-refractivity contribution in [1.82, 2.24) is 0 Å². The van der Waals surface area contributed by atoms with Crippen LogP contribution in [-0.4, -0.2) is 27.3 Å². The van der Waals surface area contributed by atoms with E-state index in [1.165, 1.54) is 0 Å². The molecular formula is C12H12Br2O4. The summed E-state index contributed by atoms with van der Waals surface area (Å²) in [6.45, 7) is 0. The van der Waals surface area contributed by atoms with Gasteiger partial charge in [0.25, 0.3) is 0 Å². The second-order valence-electron chi connectivity index (χ2n) is 3.61. The molecular weight excluding hydrogens is 368 g/mol. The van der Waals surface area contributed by atoms with Gasteiger partial charge in [-0.15, -0.1) is 0 Å². The number of hydrogen-bond donors (Lipinski definition) is 2. The fourth-order valence-electron chi connectivity index (χ4n) is 1.64. The lowest BCUT2D eigenvalue weighted by molar-refractivity contribution is -0.147. The number of carboxylic acids is 1. The highest BCUT2D eigenvalue weighted by Crippen LogP contribution is 2.26. The fraction of sp³-hybridized carbons (Fsp3) is 0.333. The molecule has 1 aromatic rings. The van der Waals surface area contributed by atoms with Gasteiger partial charge in [-0.2, -0.15) is 0 Å². The number of carboxylic acid groups (broad SMARTS) is 1. The average Bonchev–Trinajstić information content (AvgIpc) is 2.37. The number of aliphatic carboxylic acids is 1. The van der Waals surface area contributed by atoms with E-state index >= 15 is 0 Å². The van der Waals surface area contributed by atoms with Crippen molar-refractivity contribution >= 4 is 43.6 Å². The molecule has 0 aromatic heterocycles. The van der Waals surface area contributed by atoms with Gasteiger partial charge < -0.3 is 10.2 Å². The summed E-state index contributed by atoms with van der Waals surface area (Å²) in [4.78, 5) is 22.8. The monoisotopic (exact) mass is 378 g/mol. The minimum absolute atomic E-state index is 0.174. The Bertz CT molecular complexity index is 459. The number of halogens is 2. The molecule has 0 saturated heterocycles. The Morgan fingerprint density at radius 2 is 1.94 bits per heavy atom. The van der Waals surface area contributed by atoms with Gasteiger partial charge in [-0.25, -0.2) is 4.79 Å². The number of benzene rings is 1. The van der Waals surface area contributed by atoms with Crippen molar-refractivity contribution in [2.24, 2.45) is 0 Å². The molecule has 1 aromatic carbocycles. The van der Waals surface area contributed by atoms with Gasteiger partial charge in [0.2, 0.25) is 0 Å². The zero-order valence-electron chi connectivity index (χ0n) is 9.40. The molecule has 0 fully saturated rings. The van der Waals surface area contributed by atoms with E-state index in [1.54, 1.807) is 18.2 Å². The summed E-state index contributed by atoms with van der Waals surface area (Å²) in [7, 11) is 0. The molecule has 2 N–H and O–H groups in total. The first-order chi connectivity index (χ1) is 8.52. The van der Waals surface area contributed by atoms with Crippen LogP contribution in [0.1, 0.15) is 34.0 Å². The minimum Gasteiger partial charge on any atom is -0.479 e. The van der Waals surface area contributed by atoms with Crippen LogP contribution in [0, 0.1) is 0 Å². The van der Waals surface area contributed by atoms with E-state index in [-0.39, 0.29) is 23.3 Å². The molecule has 1 atom stereocenters. The number of Topliss-reactive ketones (excluding diaryl/α,β-unsaturated/α-hetero) is 1. The summed E-state index contributed by atoms with van der Waals surface area (Å²) in [6.07, 6.45) is -1.43. The van der Waals surface area contributed by atoms with Crippen LogP contribution in [0.25, 0.3) is 0 Å². The number of aliphatic hydroxyl groups is 1. The topological polar surface area (TPSA) is 74.6 Å². The maximum atomic E-state index is 11.9. The number of carbonyl (C=O) groups excluding carboxylic acids is 1. The highest BCUT2D eigenvalue weighted by atomic mass is 79.9. The van der Waals surface area contributed by atoms with Crippen LogP contribution in [0.2, 0.25) is 0 Å². The summed E-state index contributed by atoms with van der Waals surface area (Å²) in [6, 6.07) is 4.90. The Morgan fingerprint density at radius 1 is 1.28 bits per heavy atom. The Kier molecular flexibility index (Phi) is 5.98. The van der Waals surface area contributed by atoms with Crippen LogP contribution in [0.3, 0.4) is 0 Å². The van der Waals surface area contributed by atoms with Crippen LogP contribution in [-0.2, 0) is 10.1 Å². The van der Waals surface area contributed by atoms with Crippen LogP contribution in [0.5, 0.6) is 0 Å². The summed E-state index contributed by atoms with van der Waals surface area (Å²) in [5.74, 6) is -1.55. The molecule has 4 nitrogen and oxygen atoms in total. The molecule has 6 heteroatoms. The van der Waals surface area contributed by atoms with Crippen molar-refractivity contribution in [1.29, 1.82) is 0 Å². The lowest BCUT2D eigenvalue weighted by Gasteiger charge is -2.15. The Hall–Kier alpha value is -0.720. The smallest absolute Gasteiger partial charge is 0.337 e. The molecule has 0 aliphatic carbocycles. The van der Waals surface area contributed by atoms with E-state index in [0.29, 0.717) is 16.2 Å². The molecule has 0 saturated carbocycles. The van der Waals surface area contributed by atoms with E-state index in [2.05, 4.69) is 31.9 Å². The fourth-order valence-corrected chi connectivity index (χ4v) is 2.49. The van der Waals surface area contributed by atoms with E-state index in [0.717, 1.165) is 0 Å². The maximum absolute atomic E-state index is 11.9. The summed E-state index contributed by atoms with van der Waals surface area (Å²) < 4.78 is 0. The molecule has 0 amide bonds. The predicted molar refractivity (Wildman–Crippen MR) is 74.4 cm³/mol. The van der Waals surface area contributed by atoms with E-state index in [4.69, 9.17) is 5.11 Å². The molecule has 0 radical (unpaired) electrons. The molecule has 1 rings (SSSR count). The van der Waals surface area contributed by atoms with Crippen LogP contribution in [0.15, 0.2) is 18.2 Å². The first-order valence-corrected chi connectivity index (χ1v) is 7.45. The minimum atomic E-state index is -1.69. The number of aliphatic hydroxyl groups excluding tert-OH is 1. The number of hydrogen-bond acceptors (Lipinski definition) is 3. The van der Waals surface area contributed by atoms with Gasteiger partial charge in [0, 0.05) is 28.2 Å². The largest absolute Gasteiger partial charge is 0.479 e. The molecule has 0 spiro atoms. The van der Waals surface area contributed by atoms with Crippen molar-refractivity contribution in [2.75, 3.05) is 5.33 Å². The van der Waals surface area contributed by atoms with Gasteiger partial charge in [-0.3, -0.25) is 4.79 Å². The standard InChI is InChI=1S/C12H12Br2O4/c13-5-4-9(15)8-3-1-2-7(6-14)10(8)11(16)12(17)18/h1-3,11,16H,4-6H2,(H,17,18).